The molecule has 0 unspecified atom stereocenters. The summed E-state index contributed by atoms with van der Waals surface area (Å²) in [6.45, 7) is 1.83. The third-order valence-corrected chi connectivity index (χ3v) is 8.20. The molecule has 3 aromatic heterocycles. The number of sulfone groups is 1. The van der Waals surface area contributed by atoms with Crippen molar-refractivity contribution in [3.8, 4) is 10.6 Å². The third-order valence-electron chi connectivity index (χ3n) is 3.79. The van der Waals surface area contributed by atoms with E-state index in [-0.39, 0.29) is 31.6 Å². The Balaban J connectivity index is 2.29. The van der Waals surface area contributed by atoms with E-state index in [0.717, 1.165) is 6.07 Å². The average Bonchev–Trinajstić information content (AvgIpc) is 3.20. The van der Waals surface area contributed by atoms with Gasteiger partial charge in [-0.3, -0.25) is 0 Å². The number of alkyl halides is 3. The van der Waals surface area contributed by atoms with Crippen LogP contribution in [0.5, 0.6) is 0 Å². The van der Waals surface area contributed by atoms with Crippen LogP contribution in [0.4, 0.5) is 18.9 Å². The Kier molecular flexibility index (Phi) is 5.02. The highest BCUT2D eigenvalue weighted by molar-refractivity contribution is 7.93. The molecule has 0 aromatic carbocycles. The molecule has 0 saturated heterocycles. The first-order chi connectivity index (χ1) is 12.1. The molecule has 0 aliphatic heterocycles. The van der Waals surface area contributed by atoms with E-state index < -0.39 is 21.6 Å². The van der Waals surface area contributed by atoms with E-state index in [2.05, 4.69) is 4.98 Å². The van der Waals surface area contributed by atoms with Gasteiger partial charge in [0.1, 0.15) is 9.04 Å². The molecule has 10 heteroatoms. The summed E-state index contributed by atoms with van der Waals surface area (Å²) in [7, 11) is -3.76. The van der Waals surface area contributed by atoms with Crippen LogP contribution >= 0.6 is 22.7 Å². The Bertz CT molecular complexity index is 1040. The van der Waals surface area contributed by atoms with Crippen molar-refractivity contribution in [2.45, 2.75) is 30.2 Å². The van der Waals surface area contributed by atoms with E-state index in [1.165, 1.54) is 11.3 Å². The maximum absolute atomic E-state index is 13.6. The summed E-state index contributed by atoms with van der Waals surface area (Å²) in [4.78, 5) is 4.80. The molecule has 0 aliphatic rings. The second-order valence-corrected chi connectivity index (χ2v) is 9.94. The molecular weight excluding hydrogens is 405 g/mol. The largest absolute Gasteiger partial charge is 0.417 e. The summed E-state index contributed by atoms with van der Waals surface area (Å²) in [5.74, 6) is -0.153. The highest BCUT2D eigenvalue weighted by Gasteiger charge is 2.37. The van der Waals surface area contributed by atoms with Crippen molar-refractivity contribution >= 4 is 48.4 Å². The zero-order valence-corrected chi connectivity index (χ0v) is 16.1. The quantitative estimate of drug-likeness (QED) is 0.616. The molecule has 0 atom stereocenters. The van der Waals surface area contributed by atoms with Gasteiger partial charge in [0.2, 0.25) is 0 Å². The predicted octanol–water partition coefficient (Wildman–Crippen LogP) is 5.20. The van der Waals surface area contributed by atoms with Crippen molar-refractivity contribution in [2.75, 3.05) is 11.5 Å². The number of anilines is 1. The fourth-order valence-electron chi connectivity index (χ4n) is 2.53. The van der Waals surface area contributed by atoms with Crippen LogP contribution in [0.15, 0.2) is 27.8 Å². The molecule has 0 amide bonds. The fraction of sp³-hybridized carbons (Fsp3) is 0.312. The van der Waals surface area contributed by atoms with Crippen LogP contribution < -0.4 is 5.73 Å². The zero-order valence-electron chi connectivity index (χ0n) is 13.6. The molecule has 3 heterocycles. The van der Waals surface area contributed by atoms with Crippen LogP contribution in [0.25, 0.3) is 20.8 Å². The Hall–Kier alpha value is -1.65. The monoisotopic (exact) mass is 420 g/mol. The summed E-state index contributed by atoms with van der Waals surface area (Å²) in [5.41, 5.74) is 4.68. The molecule has 26 heavy (non-hydrogen) atoms. The van der Waals surface area contributed by atoms with E-state index in [1.807, 2.05) is 6.92 Å². The lowest BCUT2D eigenvalue weighted by atomic mass is 10.1. The average molecular weight is 421 g/mol. The van der Waals surface area contributed by atoms with Crippen molar-refractivity contribution in [2.24, 2.45) is 0 Å². The van der Waals surface area contributed by atoms with Gasteiger partial charge in [-0.15, -0.1) is 22.7 Å². The van der Waals surface area contributed by atoms with Crippen LogP contribution in [0.3, 0.4) is 0 Å². The van der Waals surface area contributed by atoms with Crippen molar-refractivity contribution in [1.29, 1.82) is 0 Å². The Morgan fingerprint density at radius 3 is 2.62 bits per heavy atom. The highest BCUT2D eigenvalue weighted by atomic mass is 32.2. The summed E-state index contributed by atoms with van der Waals surface area (Å²) in [6, 6.07) is 4.30. The Morgan fingerprint density at radius 2 is 2.04 bits per heavy atom. The fourth-order valence-corrected chi connectivity index (χ4v) is 6.36. The molecule has 0 fully saturated rings. The van der Waals surface area contributed by atoms with Crippen molar-refractivity contribution < 1.29 is 21.6 Å². The number of nitrogen functional groups attached to an aromatic ring is 1. The van der Waals surface area contributed by atoms with Gasteiger partial charge in [0, 0.05) is 5.39 Å². The molecule has 0 radical (unpaired) electrons. The van der Waals surface area contributed by atoms with Gasteiger partial charge < -0.3 is 5.73 Å². The summed E-state index contributed by atoms with van der Waals surface area (Å²) < 4.78 is 65.5. The zero-order chi connectivity index (χ0) is 19.1. The first-order valence-corrected chi connectivity index (χ1v) is 11.1. The number of halogens is 3. The molecule has 140 valence electrons. The number of pyridine rings is 1. The van der Waals surface area contributed by atoms with Gasteiger partial charge in [-0.2, -0.15) is 13.2 Å². The minimum Gasteiger partial charge on any atom is -0.396 e. The van der Waals surface area contributed by atoms with Gasteiger partial charge in [0.25, 0.3) is 0 Å². The van der Waals surface area contributed by atoms with Gasteiger partial charge in [-0.25, -0.2) is 13.4 Å². The van der Waals surface area contributed by atoms with Gasteiger partial charge in [0.15, 0.2) is 9.84 Å². The van der Waals surface area contributed by atoms with E-state index in [9.17, 15) is 21.6 Å². The molecule has 3 aromatic rings. The predicted molar refractivity (Wildman–Crippen MR) is 99.3 cm³/mol. The van der Waals surface area contributed by atoms with Gasteiger partial charge in [-0.05, 0) is 23.9 Å². The number of hydrogen-bond acceptors (Lipinski definition) is 6. The van der Waals surface area contributed by atoms with Crippen LogP contribution in [0, 0.1) is 0 Å². The normalized spacial score (nSPS) is 12.8. The van der Waals surface area contributed by atoms with Crippen LogP contribution in [0.2, 0.25) is 0 Å². The SMILES string of the molecule is CCCCS(=O)(=O)c1sc2nc(-c3cccs3)cc(C(F)(F)F)c2c1N. The lowest BCUT2D eigenvalue weighted by Crippen LogP contribution is -2.09. The first kappa shape index (κ1) is 19.1. The van der Waals surface area contributed by atoms with Crippen LogP contribution in [0.1, 0.15) is 25.3 Å². The van der Waals surface area contributed by atoms with Gasteiger partial charge in [-0.1, -0.05) is 19.4 Å². The van der Waals surface area contributed by atoms with Crippen molar-refractivity contribution in [3.05, 3.63) is 29.1 Å². The maximum Gasteiger partial charge on any atom is 0.417 e. The third kappa shape index (κ3) is 3.45. The molecule has 0 aliphatic carbocycles. The summed E-state index contributed by atoms with van der Waals surface area (Å²) in [6.07, 6.45) is -3.61. The number of fused-ring (bicyclic) bond motifs is 1. The lowest BCUT2D eigenvalue weighted by Gasteiger charge is -2.10. The van der Waals surface area contributed by atoms with Crippen molar-refractivity contribution in [3.63, 3.8) is 0 Å². The number of thiophene rings is 2. The second-order valence-electron chi connectivity index (χ2n) is 5.69. The number of nitrogens with two attached hydrogens (primary N) is 1. The van der Waals surface area contributed by atoms with Crippen LogP contribution in [-0.2, 0) is 16.0 Å². The molecule has 2 N–H and O–H groups in total. The van der Waals surface area contributed by atoms with Gasteiger partial charge in [0.05, 0.1) is 27.6 Å². The highest BCUT2D eigenvalue weighted by Crippen LogP contribution is 2.45. The lowest BCUT2D eigenvalue weighted by molar-refractivity contribution is -0.136. The number of rotatable bonds is 5. The molecule has 0 saturated carbocycles. The van der Waals surface area contributed by atoms with E-state index in [4.69, 9.17) is 5.73 Å². The van der Waals surface area contributed by atoms with Crippen molar-refractivity contribution in [1.82, 2.24) is 4.98 Å². The minimum absolute atomic E-state index is 0.0178. The Morgan fingerprint density at radius 1 is 1.31 bits per heavy atom. The molecule has 4 nitrogen and oxygen atoms in total. The second kappa shape index (κ2) is 6.82. The topological polar surface area (TPSA) is 73.0 Å². The summed E-state index contributed by atoms with van der Waals surface area (Å²) >= 11 is 1.96. The number of hydrogen-bond donors (Lipinski definition) is 1. The Labute approximate surface area is 156 Å². The van der Waals surface area contributed by atoms with E-state index in [0.29, 0.717) is 29.1 Å². The minimum atomic E-state index is -4.67. The number of nitrogens with zero attached hydrogens (tertiary/aromatic N) is 1. The molecule has 0 bridgehead atoms. The standard InChI is InChI=1S/C16H15F3N2O2S3/c1-2-3-7-26(22,23)15-13(20)12-9(16(17,18)19)8-10(21-14(12)25-15)11-5-4-6-24-11/h4-6,8H,2-3,7,20H2,1H3. The molecule has 3 rings (SSSR count). The number of unbranched alkanes of at least 4 members (excludes halogenated alkanes) is 1. The molecular formula is C16H15F3N2O2S3. The van der Waals surface area contributed by atoms with Crippen LogP contribution in [-0.4, -0.2) is 19.2 Å². The number of aromatic nitrogens is 1. The smallest absolute Gasteiger partial charge is 0.396 e. The first-order valence-electron chi connectivity index (χ1n) is 7.72. The molecule has 0 spiro atoms. The van der Waals surface area contributed by atoms with E-state index >= 15 is 0 Å². The van der Waals surface area contributed by atoms with Gasteiger partial charge >= 0.3 is 6.18 Å². The maximum atomic E-state index is 13.6. The summed E-state index contributed by atoms with van der Waals surface area (Å²) in [5, 5.41) is 1.40. The van der Waals surface area contributed by atoms with E-state index in [1.54, 1.807) is 17.5 Å².